The van der Waals surface area contributed by atoms with Gasteiger partial charge < -0.3 is 14.7 Å². The molecule has 1 aliphatic heterocycles. The Morgan fingerprint density at radius 1 is 1.00 bits per heavy atom. The lowest BCUT2D eigenvalue weighted by Gasteiger charge is -2.33. The molecule has 8 heteroatoms. The van der Waals surface area contributed by atoms with Crippen molar-refractivity contribution < 1.29 is 9.18 Å². The number of pyridine rings is 1. The summed E-state index contributed by atoms with van der Waals surface area (Å²) in [5.41, 5.74) is 1.83. The molecule has 30 heavy (non-hydrogen) atoms. The van der Waals surface area contributed by atoms with Gasteiger partial charge in [0.25, 0.3) is 5.91 Å². The van der Waals surface area contributed by atoms with Crippen molar-refractivity contribution in [1.82, 2.24) is 19.9 Å². The van der Waals surface area contributed by atoms with Crippen LogP contribution in [-0.2, 0) is 6.54 Å². The van der Waals surface area contributed by atoms with Crippen LogP contribution in [0.3, 0.4) is 0 Å². The zero-order chi connectivity index (χ0) is 20.9. The van der Waals surface area contributed by atoms with E-state index in [1.165, 1.54) is 30.9 Å². The van der Waals surface area contributed by atoms with Gasteiger partial charge in [0.15, 0.2) is 0 Å². The smallest absolute Gasteiger partial charge is 0.261 e. The van der Waals surface area contributed by atoms with E-state index in [0.717, 1.165) is 37.6 Å². The predicted octanol–water partition coefficient (Wildman–Crippen LogP) is 2.61. The summed E-state index contributed by atoms with van der Waals surface area (Å²) in [7, 11) is 2.12. The number of aromatic nitrogens is 3. The number of rotatable bonds is 5. The molecule has 0 aliphatic carbocycles. The number of carbonyl (C=O) groups is 1. The highest BCUT2D eigenvalue weighted by Gasteiger charge is 2.20. The fourth-order valence-corrected chi connectivity index (χ4v) is 3.38. The highest BCUT2D eigenvalue weighted by atomic mass is 19.1. The van der Waals surface area contributed by atoms with Gasteiger partial charge in [-0.3, -0.25) is 4.79 Å². The maximum atomic E-state index is 13.4. The van der Waals surface area contributed by atoms with Crippen LogP contribution in [0.25, 0.3) is 0 Å². The molecule has 0 spiro atoms. The molecule has 0 unspecified atom stereocenters. The Morgan fingerprint density at radius 3 is 2.33 bits per heavy atom. The number of carbonyl (C=O) groups excluding carboxylic acids is 1. The summed E-state index contributed by atoms with van der Waals surface area (Å²) in [6.07, 6.45) is 6.11. The van der Waals surface area contributed by atoms with E-state index < -0.39 is 0 Å². The van der Waals surface area contributed by atoms with Crippen LogP contribution in [0.5, 0.6) is 0 Å². The zero-order valence-electron chi connectivity index (χ0n) is 16.8. The summed E-state index contributed by atoms with van der Waals surface area (Å²) in [5.74, 6) is 0.320. The minimum Gasteiger partial charge on any atom is -0.354 e. The number of nitrogens with zero attached hydrogens (tertiary/aromatic N) is 6. The van der Waals surface area contributed by atoms with Gasteiger partial charge >= 0.3 is 0 Å². The molecule has 1 aliphatic rings. The summed E-state index contributed by atoms with van der Waals surface area (Å²) < 4.78 is 13.4. The normalized spacial score (nSPS) is 14.5. The minimum absolute atomic E-state index is 0.259. The van der Waals surface area contributed by atoms with Gasteiger partial charge in [0.2, 0.25) is 0 Å². The molecule has 2 aromatic heterocycles. The van der Waals surface area contributed by atoms with E-state index >= 15 is 0 Å². The Kier molecular flexibility index (Phi) is 5.94. The maximum Gasteiger partial charge on any atom is 0.261 e. The van der Waals surface area contributed by atoms with Gasteiger partial charge in [-0.05, 0) is 42.9 Å². The Morgan fingerprint density at radius 2 is 1.70 bits per heavy atom. The first-order valence-electron chi connectivity index (χ1n) is 9.81. The number of hydrogen-bond donors (Lipinski definition) is 0. The Labute approximate surface area is 174 Å². The van der Waals surface area contributed by atoms with Crippen molar-refractivity contribution in [2.45, 2.75) is 6.54 Å². The Bertz CT molecular complexity index is 973. The third-order valence-corrected chi connectivity index (χ3v) is 5.17. The largest absolute Gasteiger partial charge is 0.354 e. The fourth-order valence-electron chi connectivity index (χ4n) is 3.38. The molecule has 0 bridgehead atoms. The van der Waals surface area contributed by atoms with E-state index in [0.29, 0.717) is 17.8 Å². The van der Waals surface area contributed by atoms with Gasteiger partial charge in [0.1, 0.15) is 18.0 Å². The molecule has 3 heterocycles. The van der Waals surface area contributed by atoms with E-state index in [1.54, 1.807) is 23.2 Å². The van der Waals surface area contributed by atoms with Crippen molar-refractivity contribution in [3.63, 3.8) is 0 Å². The van der Waals surface area contributed by atoms with Crippen molar-refractivity contribution >= 4 is 17.4 Å². The Hall–Kier alpha value is -3.39. The number of likely N-dealkylation sites (N-methyl/N-ethyl adjacent to an activating group) is 1. The molecular weight excluding hydrogens is 383 g/mol. The van der Waals surface area contributed by atoms with Crippen LogP contribution in [-0.4, -0.2) is 59.0 Å². The standard InChI is InChI=1S/C22H23FN6O/c1-27-8-10-28(11-9-27)21-7-2-17(12-26-21)15-29(20-5-3-19(23)4-6-20)22(30)18-13-24-16-25-14-18/h2-7,12-14,16H,8-11,15H2,1H3. The molecule has 1 aromatic carbocycles. The number of benzene rings is 1. The molecular formula is C22H23FN6O. The van der Waals surface area contributed by atoms with Gasteiger partial charge in [-0.2, -0.15) is 0 Å². The first-order valence-corrected chi connectivity index (χ1v) is 9.81. The van der Waals surface area contributed by atoms with Crippen molar-refractivity contribution in [1.29, 1.82) is 0 Å². The minimum atomic E-state index is -0.354. The molecule has 0 atom stereocenters. The molecule has 0 radical (unpaired) electrons. The van der Waals surface area contributed by atoms with Gasteiger partial charge in [-0.25, -0.2) is 19.3 Å². The second-order valence-corrected chi connectivity index (χ2v) is 7.31. The number of piperazine rings is 1. The lowest BCUT2D eigenvalue weighted by atomic mass is 10.2. The average Bonchev–Trinajstić information content (AvgIpc) is 2.79. The number of hydrogen-bond acceptors (Lipinski definition) is 6. The average molecular weight is 406 g/mol. The van der Waals surface area contributed by atoms with E-state index in [9.17, 15) is 9.18 Å². The summed E-state index contributed by atoms with van der Waals surface area (Å²) in [5, 5.41) is 0. The number of anilines is 2. The Balaban J connectivity index is 1.55. The van der Waals surface area contributed by atoms with Crippen LogP contribution in [0, 0.1) is 5.82 Å². The first kappa shape index (κ1) is 19.9. The van der Waals surface area contributed by atoms with Gasteiger partial charge in [-0.1, -0.05) is 6.07 Å². The van der Waals surface area contributed by atoms with Gasteiger partial charge in [0.05, 0.1) is 12.1 Å². The van der Waals surface area contributed by atoms with Gasteiger partial charge in [-0.15, -0.1) is 0 Å². The second-order valence-electron chi connectivity index (χ2n) is 7.31. The molecule has 7 nitrogen and oxygen atoms in total. The molecule has 0 N–H and O–H groups in total. The van der Waals surface area contributed by atoms with Crippen molar-refractivity contribution in [3.8, 4) is 0 Å². The van der Waals surface area contributed by atoms with Crippen molar-refractivity contribution in [3.05, 3.63) is 78.3 Å². The highest BCUT2D eigenvalue weighted by Crippen LogP contribution is 2.21. The molecule has 4 rings (SSSR count). The van der Waals surface area contributed by atoms with Gasteiger partial charge in [0, 0.05) is 50.5 Å². The van der Waals surface area contributed by atoms with E-state index in [1.807, 2.05) is 12.1 Å². The van der Waals surface area contributed by atoms with Crippen LogP contribution >= 0.6 is 0 Å². The monoisotopic (exact) mass is 406 g/mol. The highest BCUT2D eigenvalue weighted by molar-refractivity contribution is 6.05. The SMILES string of the molecule is CN1CCN(c2ccc(CN(C(=O)c3cncnc3)c3ccc(F)cc3)cn2)CC1. The van der Waals surface area contributed by atoms with Crippen LogP contribution in [0.4, 0.5) is 15.9 Å². The molecule has 1 saturated heterocycles. The molecule has 3 aromatic rings. The number of amides is 1. The van der Waals surface area contributed by atoms with E-state index in [-0.39, 0.29) is 11.7 Å². The maximum absolute atomic E-state index is 13.4. The lowest BCUT2D eigenvalue weighted by molar-refractivity contribution is 0.0984. The first-order chi connectivity index (χ1) is 14.6. The number of halogens is 1. The summed E-state index contributed by atoms with van der Waals surface area (Å²) >= 11 is 0. The molecule has 1 amide bonds. The quantitative estimate of drug-likeness (QED) is 0.649. The van der Waals surface area contributed by atoms with Crippen LogP contribution < -0.4 is 9.80 Å². The molecule has 154 valence electrons. The predicted molar refractivity (Wildman–Crippen MR) is 113 cm³/mol. The third kappa shape index (κ3) is 4.60. The van der Waals surface area contributed by atoms with Crippen LogP contribution in [0.2, 0.25) is 0 Å². The van der Waals surface area contributed by atoms with Crippen molar-refractivity contribution in [2.24, 2.45) is 0 Å². The van der Waals surface area contributed by atoms with E-state index in [2.05, 4.69) is 31.8 Å². The van der Waals surface area contributed by atoms with Crippen molar-refractivity contribution in [2.75, 3.05) is 43.0 Å². The fraction of sp³-hybridized carbons (Fsp3) is 0.273. The van der Waals surface area contributed by atoms with Crippen LogP contribution in [0.15, 0.2) is 61.3 Å². The third-order valence-electron chi connectivity index (χ3n) is 5.17. The zero-order valence-corrected chi connectivity index (χ0v) is 16.8. The molecule has 0 saturated carbocycles. The summed E-state index contributed by atoms with van der Waals surface area (Å²) in [4.78, 5) is 31.7. The lowest BCUT2D eigenvalue weighted by Crippen LogP contribution is -2.44. The topological polar surface area (TPSA) is 65.5 Å². The van der Waals surface area contributed by atoms with Crippen LogP contribution in [0.1, 0.15) is 15.9 Å². The van der Waals surface area contributed by atoms with E-state index in [4.69, 9.17) is 0 Å². The molecule has 1 fully saturated rings. The summed E-state index contributed by atoms with van der Waals surface area (Å²) in [6, 6.07) is 9.81. The second kappa shape index (κ2) is 8.96. The summed E-state index contributed by atoms with van der Waals surface area (Å²) in [6.45, 7) is 4.20.